The minimum Gasteiger partial charge on any atom is -0.381 e. The summed E-state index contributed by atoms with van der Waals surface area (Å²) in [7, 11) is 0. The van der Waals surface area contributed by atoms with Gasteiger partial charge in [-0.15, -0.1) is 11.6 Å². The maximum absolute atomic E-state index is 6.29. The van der Waals surface area contributed by atoms with E-state index < -0.39 is 0 Å². The molecule has 0 aromatic heterocycles. The second-order valence-corrected chi connectivity index (χ2v) is 6.64. The molecule has 0 aromatic rings. The second kappa shape index (κ2) is 4.63. The van der Waals surface area contributed by atoms with Crippen LogP contribution < -0.4 is 0 Å². The van der Waals surface area contributed by atoms with Crippen molar-refractivity contribution in [2.24, 2.45) is 17.3 Å². The number of rotatable bonds is 2. The van der Waals surface area contributed by atoms with E-state index in [1.165, 1.54) is 32.1 Å². The van der Waals surface area contributed by atoms with Crippen molar-refractivity contribution in [1.29, 1.82) is 0 Å². The summed E-state index contributed by atoms with van der Waals surface area (Å²) in [4.78, 5) is 0. The van der Waals surface area contributed by atoms with Crippen LogP contribution in [-0.2, 0) is 4.74 Å². The first-order valence-electron chi connectivity index (χ1n) is 6.30. The molecule has 2 fully saturated rings. The molecule has 0 spiro atoms. The predicted octanol–water partition coefficient (Wildman–Crippen LogP) is 3.85. The third-order valence-corrected chi connectivity index (χ3v) is 4.79. The van der Waals surface area contributed by atoms with Gasteiger partial charge in [0.25, 0.3) is 0 Å². The van der Waals surface area contributed by atoms with Crippen LogP contribution in [0.1, 0.15) is 46.0 Å². The summed E-state index contributed by atoms with van der Waals surface area (Å²) >= 11 is 6.29. The van der Waals surface area contributed by atoms with Gasteiger partial charge in [0.2, 0.25) is 0 Å². The summed E-state index contributed by atoms with van der Waals surface area (Å²) in [6.07, 6.45) is 6.30. The molecule has 0 amide bonds. The van der Waals surface area contributed by atoms with Crippen LogP contribution in [0.15, 0.2) is 0 Å². The zero-order chi connectivity index (χ0) is 10.9. The van der Waals surface area contributed by atoms with Gasteiger partial charge in [-0.05, 0) is 49.4 Å². The Labute approximate surface area is 98.5 Å². The Morgan fingerprint density at radius 1 is 1.33 bits per heavy atom. The molecule has 0 radical (unpaired) electrons. The van der Waals surface area contributed by atoms with Crippen molar-refractivity contribution in [2.75, 3.05) is 13.2 Å². The van der Waals surface area contributed by atoms with E-state index >= 15 is 0 Å². The molecule has 2 rings (SSSR count). The fourth-order valence-electron chi connectivity index (χ4n) is 3.07. The highest BCUT2D eigenvalue weighted by Gasteiger charge is 2.37. The first kappa shape index (κ1) is 11.7. The first-order valence-corrected chi connectivity index (χ1v) is 6.73. The monoisotopic (exact) mass is 230 g/mol. The largest absolute Gasteiger partial charge is 0.381 e. The van der Waals surface area contributed by atoms with E-state index in [-0.39, 0.29) is 0 Å². The molecule has 2 aliphatic rings. The molecule has 2 heteroatoms. The van der Waals surface area contributed by atoms with Crippen molar-refractivity contribution < 1.29 is 4.74 Å². The van der Waals surface area contributed by atoms with Crippen LogP contribution >= 0.6 is 11.6 Å². The van der Waals surface area contributed by atoms with Gasteiger partial charge in [-0.2, -0.15) is 0 Å². The molecule has 1 saturated heterocycles. The van der Waals surface area contributed by atoms with Gasteiger partial charge in [0.1, 0.15) is 0 Å². The molecular weight excluding hydrogens is 208 g/mol. The highest BCUT2D eigenvalue weighted by molar-refractivity contribution is 6.20. The number of hydrogen-bond donors (Lipinski definition) is 0. The molecule has 1 aliphatic heterocycles. The summed E-state index contributed by atoms with van der Waals surface area (Å²) in [6.45, 7) is 6.79. The average molecular weight is 231 g/mol. The van der Waals surface area contributed by atoms with Crippen LogP contribution in [-0.4, -0.2) is 18.6 Å². The topological polar surface area (TPSA) is 9.23 Å². The smallest absolute Gasteiger partial charge is 0.0495 e. The quantitative estimate of drug-likeness (QED) is 0.655. The second-order valence-electron chi connectivity index (χ2n) is 6.02. The predicted molar refractivity (Wildman–Crippen MR) is 64.3 cm³/mol. The summed E-state index contributed by atoms with van der Waals surface area (Å²) < 4.78 is 5.46. The fourth-order valence-corrected chi connectivity index (χ4v) is 3.39. The van der Waals surface area contributed by atoms with Crippen molar-refractivity contribution in [2.45, 2.75) is 51.3 Å². The number of ether oxygens (including phenoxy) is 1. The minimum absolute atomic E-state index is 0.422. The van der Waals surface area contributed by atoms with E-state index in [1.807, 2.05) is 0 Å². The zero-order valence-corrected chi connectivity index (χ0v) is 10.7. The van der Waals surface area contributed by atoms with Gasteiger partial charge < -0.3 is 4.74 Å². The summed E-state index contributed by atoms with van der Waals surface area (Å²) in [6, 6.07) is 0. The molecular formula is C13H23ClO. The molecule has 88 valence electrons. The lowest BCUT2D eigenvalue weighted by atomic mass is 9.66. The standard InChI is InChI=1S/C13H23ClO/c1-13(2)5-3-12(14)8-11(13)7-10-4-6-15-9-10/h10-12H,3-9H2,1-2H3. The molecule has 0 aromatic carbocycles. The van der Waals surface area contributed by atoms with Crippen molar-refractivity contribution in [3.05, 3.63) is 0 Å². The Morgan fingerprint density at radius 3 is 2.80 bits per heavy atom. The van der Waals surface area contributed by atoms with E-state index in [4.69, 9.17) is 16.3 Å². The lowest BCUT2D eigenvalue weighted by Gasteiger charge is -2.41. The van der Waals surface area contributed by atoms with Gasteiger partial charge in [-0.1, -0.05) is 13.8 Å². The van der Waals surface area contributed by atoms with Gasteiger partial charge in [0, 0.05) is 18.6 Å². The fraction of sp³-hybridized carbons (Fsp3) is 1.00. The Bertz CT molecular complexity index is 209. The average Bonchev–Trinajstić information content (AvgIpc) is 2.65. The van der Waals surface area contributed by atoms with Gasteiger partial charge >= 0.3 is 0 Å². The first-order chi connectivity index (χ1) is 7.08. The van der Waals surface area contributed by atoms with Gasteiger partial charge in [-0.25, -0.2) is 0 Å². The number of hydrogen-bond acceptors (Lipinski definition) is 1. The molecule has 0 bridgehead atoms. The normalized spacial score (nSPS) is 40.6. The molecule has 15 heavy (non-hydrogen) atoms. The highest BCUT2D eigenvalue weighted by atomic mass is 35.5. The maximum Gasteiger partial charge on any atom is 0.0495 e. The Morgan fingerprint density at radius 2 is 2.13 bits per heavy atom. The molecule has 1 saturated carbocycles. The summed E-state index contributed by atoms with van der Waals surface area (Å²) in [5, 5.41) is 0.422. The van der Waals surface area contributed by atoms with Crippen LogP contribution in [0.4, 0.5) is 0 Å². The van der Waals surface area contributed by atoms with Gasteiger partial charge in [0.05, 0.1) is 0 Å². The Kier molecular flexibility index (Phi) is 3.62. The molecule has 3 unspecified atom stereocenters. The van der Waals surface area contributed by atoms with Crippen molar-refractivity contribution in [1.82, 2.24) is 0 Å². The van der Waals surface area contributed by atoms with E-state index in [1.54, 1.807) is 0 Å². The third kappa shape index (κ3) is 2.88. The molecule has 0 N–H and O–H groups in total. The maximum atomic E-state index is 6.29. The van der Waals surface area contributed by atoms with Crippen LogP contribution in [0, 0.1) is 17.3 Å². The van der Waals surface area contributed by atoms with Crippen LogP contribution in [0.3, 0.4) is 0 Å². The molecule has 1 nitrogen and oxygen atoms in total. The van der Waals surface area contributed by atoms with Crippen LogP contribution in [0.2, 0.25) is 0 Å². The van der Waals surface area contributed by atoms with Crippen LogP contribution in [0.25, 0.3) is 0 Å². The molecule has 1 aliphatic carbocycles. The SMILES string of the molecule is CC1(C)CCC(Cl)CC1CC1CCOC1. The Hall–Kier alpha value is 0.250. The van der Waals surface area contributed by atoms with E-state index in [0.29, 0.717) is 10.8 Å². The Balaban J connectivity index is 1.92. The van der Waals surface area contributed by atoms with E-state index in [9.17, 15) is 0 Å². The van der Waals surface area contributed by atoms with Gasteiger partial charge in [-0.3, -0.25) is 0 Å². The van der Waals surface area contributed by atoms with Crippen molar-refractivity contribution in [3.8, 4) is 0 Å². The zero-order valence-electron chi connectivity index (χ0n) is 9.97. The van der Waals surface area contributed by atoms with Crippen LogP contribution in [0.5, 0.6) is 0 Å². The van der Waals surface area contributed by atoms with E-state index in [2.05, 4.69) is 13.8 Å². The lowest BCUT2D eigenvalue weighted by Crippen LogP contribution is -2.33. The number of alkyl halides is 1. The van der Waals surface area contributed by atoms with Crippen molar-refractivity contribution >= 4 is 11.6 Å². The lowest BCUT2D eigenvalue weighted by molar-refractivity contribution is 0.106. The van der Waals surface area contributed by atoms with E-state index in [0.717, 1.165) is 25.0 Å². The third-order valence-electron chi connectivity index (χ3n) is 4.39. The minimum atomic E-state index is 0.422. The van der Waals surface area contributed by atoms with Gasteiger partial charge in [0.15, 0.2) is 0 Å². The molecule has 1 heterocycles. The summed E-state index contributed by atoms with van der Waals surface area (Å²) in [5.74, 6) is 1.61. The number of halogens is 1. The molecule has 3 atom stereocenters. The summed E-state index contributed by atoms with van der Waals surface area (Å²) in [5.41, 5.74) is 0.494. The van der Waals surface area contributed by atoms with Crippen molar-refractivity contribution in [3.63, 3.8) is 0 Å². The highest BCUT2D eigenvalue weighted by Crippen LogP contribution is 2.45.